The minimum Gasteiger partial charge on any atom is -0.493 e. The maximum absolute atomic E-state index is 13.6. The molecule has 5 N–H and O–H groups in total. The molecule has 0 radical (unpaired) electrons. The van der Waals surface area contributed by atoms with E-state index >= 15 is 0 Å². The molecule has 0 amide bonds. The number of aryl methyl sites for hydroxylation is 2. The van der Waals surface area contributed by atoms with Gasteiger partial charge in [-0.05, 0) is 55.0 Å². The smallest absolute Gasteiger partial charge is 0.469 e. The van der Waals surface area contributed by atoms with E-state index in [9.17, 15) is 27.2 Å². The first-order chi connectivity index (χ1) is 15.3. The van der Waals surface area contributed by atoms with Gasteiger partial charge < -0.3 is 25.4 Å². The lowest BCUT2D eigenvalue weighted by Crippen LogP contribution is -2.48. The highest BCUT2D eigenvalue weighted by atomic mass is 31.2. The Bertz CT molecular complexity index is 968. The largest absolute Gasteiger partial charge is 0.493 e. The number of alkyl halides is 3. The van der Waals surface area contributed by atoms with Gasteiger partial charge in [0.15, 0.2) is 0 Å². The molecule has 0 fully saturated rings. The van der Waals surface area contributed by atoms with Gasteiger partial charge in [-0.25, -0.2) is 8.96 Å². The number of benzene rings is 2. The average molecular weight is 495 g/mol. The third kappa shape index (κ3) is 9.04. The average Bonchev–Trinajstić information content (AvgIpc) is 2.74. The normalized spacial score (nSPS) is 14.2. The molecule has 0 spiro atoms. The molecule has 0 heterocycles. The SMILES string of the molecule is NC(CO)(CCc1ccc(OCCCc2ccccc2F)c(C(F)(F)F)c1)COP(=O)(O)O. The van der Waals surface area contributed by atoms with Crippen LogP contribution in [0.5, 0.6) is 5.75 Å². The molecule has 12 heteroatoms. The zero-order valence-corrected chi connectivity index (χ0v) is 18.5. The fourth-order valence-electron chi connectivity index (χ4n) is 3.03. The molecular weight excluding hydrogens is 469 g/mol. The summed E-state index contributed by atoms with van der Waals surface area (Å²) < 4.78 is 74.7. The number of aliphatic hydroxyl groups excluding tert-OH is 1. The zero-order valence-electron chi connectivity index (χ0n) is 17.6. The molecule has 0 aliphatic rings. The van der Waals surface area contributed by atoms with Gasteiger partial charge in [-0.3, -0.25) is 4.52 Å². The minimum atomic E-state index is -4.82. The Hall–Kier alpha value is -2.01. The molecule has 0 aromatic heterocycles. The van der Waals surface area contributed by atoms with E-state index in [0.717, 1.165) is 6.07 Å². The van der Waals surface area contributed by atoms with Crippen molar-refractivity contribution in [3.63, 3.8) is 0 Å². The number of hydrogen-bond acceptors (Lipinski definition) is 5. The van der Waals surface area contributed by atoms with Gasteiger partial charge in [0, 0.05) is 0 Å². The van der Waals surface area contributed by atoms with Gasteiger partial charge in [0.25, 0.3) is 0 Å². The summed E-state index contributed by atoms with van der Waals surface area (Å²) >= 11 is 0. The van der Waals surface area contributed by atoms with Crippen molar-refractivity contribution in [3.05, 3.63) is 65.0 Å². The highest BCUT2D eigenvalue weighted by molar-refractivity contribution is 7.46. The van der Waals surface area contributed by atoms with Crippen molar-refractivity contribution in [2.24, 2.45) is 5.73 Å². The summed E-state index contributed by atoms with van der Waals surface area (Å²) in [6.07, 6.45) is -4.19. The maximum Gasteiger partial charge on any atom is 0.469 e. The van der Waals surface area contributed by atoms with E-state index in [-0.39, 0.29) is 36.6 Å². The summed E-state index contributed by atoms with van der Waals surface area (Å²) in [5, 5.41) is 9.43. The van der Waals surface area contributed by atoms with Crippen LogP contribution < -0.4 is 10.5 Å². The Kier molecular flexibility index (Phi) is 9.42. The molecule has 0 saturated heterocycles. The summed E-state index contributed by atoms with van der Waals surface area (Å²) in [6.45, 7) is -1.42. The number of ether oxygens (including phenoxy) is 1. The van der Waals surface area contributed by atoms with Crippen LogP contribution in [-0.4, -0.2) is 40.3 Å². The molecule has 1 atom stereocenters. The number of hydrogen-bond donors (Lipinski definition) is 4. The molecule has 0 aliphatic heterocycles. The van der Waals surface area contributed by atoms with Crippen molar-refractivity contribution < 1.29 is 46.3 Å². The van der Waals surface area contributed by atoms with Crippen LogP contribution in [-0.2, 0) is 28.1 Å². The van der Waals surface area contributed by atoms with Crippen molar-refractivity contribution in [1.82, 2.24) is 0 Å². The van der Waals surface area contributed by atoms with Crippen LogP contribution in [0.15, 0.2) is 42.5 Å². The van der Waals surface area contributed by atoms with Gasteiger partial charge in [0.2, 0.25) is 0 Å². The van der Waals surface area contributed by atoms with E-state index in [4.69, 9.17) is 20.3 Å². The first kappa shape index (κ1) is 27.2. The number of phosphoric acid groups is 1. The van der Waals surface area contributed by atoms with Crippen molar-refractivity contribution in [3.8, 4) is 5.75 Å². The van der Waals surface area contributed by atoms with Crippen LogP contribution in [0.3, 0.4) is 0 Å². The third-order valence-corrected chi connectivity index (χ3v) is 5.37. The molecule has 33 heavy (non-hydrogen) atoms. The van der Waals surface area contributed by atoms with Crippen LogP contribution in [0.1, 0.15) is 29.5 Å². The lowest BCUT2D eigenvalue weighted by Gasteiger charge is -2.27. The summed E-state index contributed by atoms with van der Waals surface area (Å²) in [6, 6.07) is 9.60. The summed E-state index contributed by atoms with van der Waals surface area (Å²) in [7, 11) is -4.82. The van der Waals surface area contributed by atoms with Crippen LogP contribution in [0.4, 0.5) is 17.6 Å². The van der Waals surface area contributed by atoms with Gasteiger partial charge in [0.1, 0.15) is 11.6 Å². The van der Waals surface area contributed by atoms with E-state index < -0.39 is 38.3 Å². The molecular formula is C21H26F4NO6P. The predicted molar refractivity (Wildman–Crippen MR) is 112 cm³/mol. The molecule has 2 rings (SSSR count). The van der Waals surface area contributed by atoms with Crippen molar-refractivity contribution >= 4 is 7.82 Å². The third-order valence-electron chi connectivity index (χ3n) is 4.90. The van der Waals surface area contributed by atoms with E-state index in [1.54, 1.807) is 18.2 Å². The van der Waals surface area contributed by atoms with Gasteiger partial charge in [0.05, 0.1) is 30.9 Å². The van der Waals surface area contributed by atoms with Crippen LogP contribution >= 0.6 is 7.82 Å². The molecule has 184 valence electrons. The standard InChI is InChI=1S/C21H26F4NO6P/c22-18-6-2-1-4-16(18)5-3-11-31-19-8-7-15(12-17(19)21(23,24)25)9-10-20(26,13-27)14-32-33(28,29)30/h1-2,4,6-8,12,27H,3,5,9-11,13-14,26H2,(H2,28,29,30). The molecule has 7 nitrogen and oxygen atoms in total. The van der Waals surface area contributed by atoms with Crippen molar-refractivity contribution in [2.75, 3.05) is 19.8 Å². The second kappa shape index (κ2) is 11.4. The van der Waals surface area contributed by atoms with E-state index in [1.165, 1.54) is 18.2 Å². The van der Waals surface area contributed by atoms with Crippen LogP contribution in [0.2, 0.25) is 0 Å². The van der Waals surface area contributed by atoms with Gasteiger partial charge in [-0.15, -0.1) is 0 Å². The minimum absolute atomic E-state index is 0.0157. The van der Waals surface area contributed by atoms with E-state index in [2.05, 4.69) is 4.52 Å². The summed E-state index contributed by atoms with van der Waals surface area (Å²) in [4.78, 5) is 17.6. The zero-order chi connectivity index (χ0) is 24.7. The molecule has 0 aliphatic carbocycles. The van der Waals surface area contributed by atoms with Crippen LogP contribution in [0, 0.1) is 5.82 Å². The first-order valence-corrected chi connectivity index (χ1v) is 11.5. The number of aliphatic hydroxyl groups is 1. The van der Waals surface area contributed by atoms with E-state index in [1.807, 2.05) is 0 Å². The Morgan fingerprint density at radius 3 is 2.36 bits per heavy atom. The van der Waals surface area contributed by atoms with Gasteiger partial charge in [-0.2, -0.15) is 13.2 Å². The molecule has 2 aromatic carbocycles. The first-order valence-electron chi connectivity index (χ1n) is 9.99. The Morgan fingerprint density at radius 1 is 1.06 bits per heavy atom. The second-order valence-corrected chi connectivity index (χ2v) is 8.90. The second-order valence-electron chi connectivity index (χ2n) is 7.66. The number of halogens is 4. The summed E-state index contributed by atoms with van der Waals surface area (Å²) in [5.41, 5.74) is 3.99. The van der Waals surface area contributed by atoms with Gasteiger partial charge in [-0.1, -0.05) is 24.3 Å². The highest BCUT2D eigenvalue weighted by Crippen LogP contribution is 2.38. The lowest BCUT2D eigenvalue weighted by molar-refractivity contribution is -0.139. The Balaban J connectivity index is 2.03. The van der Waals surface area contributed by atoms with Crippen LogP contribution in [0.25, 0.3) is 0 Å². The molecule has 0 bridgehead atoms. The Labute approximate surface area is 188 Å². The van der Waals surface area contributed by atoms with Crippen molar-refractivity contribution in [1.29, 1.82) is 0 Å². The fraction of sp³-hybridized carbons (Fsp3) is 0.429. The highest BCUT2D eigenvalue weighted by Gasteiger charge is 2.35. The molecule has 2 aromatic rings. The van der Waals surface area contributed by atoms with E-state index in [0.29, 0.717) is 18.4 Å². The van der Waals surface area contributed by atoms with Crippen molar-refractivity contribution in [2.45, 2.75) is 37.4 Å². The molecule has 1 unspecified atom stereocenters. The Morgan fingerprint density at radius 2 is 1.76 bits per heavy atom. The molecule has 0 saturated carbocycles. The quantitative estimate of drug-likeness (QED) is 0.202. The predicted octanol–water partition coefficient (Wildman–Crippen LogP) is 3.59. The fourth-order valence-corrected chi connectivity index (χ4v) is 3.45. The monoisotopic (exact) mass is 495 g/mol. The maximum atomic E-state index is 13.6. The lowest BCUT2D eigenvalue weighted by atomic mass is 9.93. The topological polar surface area (TPSA) is 122 Å². The summed E-state index contributed by atoms with van der Waals surface area (Å²) in [5.74, 6) is -0.756. The number of rotatable bonds is 12. The number of phosphoric ester groups is 1. The van der Waals surface area contributed by atoms with Gasteiger partial charge >= 0.3 is 14.0 Å². The number of nitrogens with two attached hydrogens (primary N) is 1.